The molecule has 4 aromatic rings. The molecule has 3 N–H and O–H groups in total. The van der Waals surface area contributed by atoms with Crippen LogP contribution in [0.5, 0.6) is 0 Å². The van der Waals surface area contributed by atoms with Crippen LogP contribution in [0.3, 0.4) is 0 Å². The molecule has 0 aliphatic carbocycles. The van der Waals surface area contributed by atoms with E-state index in [2.05, 4.69) is 20.3 Å². The molecule has 0 fully saturated rings. The van der Waals surface area contributed by atoms with E-state index >= 15 is 0 Å². The second kappa shape index (κ2) is 6.18. The molecule has 6 nitrogen and oxygen atoms in total. The number of hydrogen-bond donors (Lipinski definition) is 3. The van der Waals surface area contributed by atoms with E-state index in [1.807, 2.05) is 54.0 Å². The molecule has 2 aromatic heterocycles. The Morgan fingerprint density at radius 2 is 2.04 bits per heavy atom. The largest absolute Gasteiger partial charge is 0.345 e. The van der Waals surface area contributed by atoms with Gasteiger partial charge in [0.05, 0.1) is 28.6 Å². The van der Waals surface area contributed by atoms with E-state index in [-0.39, 0.29) is 5.91 Å². The molecule has 2 aromatic carbocycles. The molecule has 0 radical (unpaired) electrons. The molecule has 25 heavy (non-hydrogen) atoms. The van der Waals surface area contributed by atoms with Crippen LogP contribution < -0.4 is 5.32 Å². The van der Waals surface area contributed by atoms with Crippen molar-refractivity contribution in [2.24, 2.45) is 0 Å². The van der Waals surface area contributed by atoms with Gasteiger partial charge in [-0.3, -0.25) is 4.79 Å². The van der Waals surface area contributed by atoms with Crippen LogP contribution in [-0.2, 0) is 13.1 Å². The number of aryl methyl sites for hydroxylation is 1. The van der Waals surface area contributed by atoms with Gasteiger partial charge in [0.1, 0.15) is 5.82 Å². The Morgan fingerprint density at radius 1 is 1.20 bits per heavy atom. The number of benzene rings is 2. The summed E-state index contributed by atoms with van der Waals surface area (Å²) in [4.78, 5) is 23.2. The highest BCUT2D eigenvalue weighted by Gasteiger charge is 2.10. The monoisotopic (exact) mass is 351 g/mol. The number of nitrogens with zero attached hydrogens (tertiary/aromatic N) is 2. The summed E-state index contributed by atoms with van der Waals surface area (Å²) >= 11 is 5.30. The fraction of sp³-hybridized carbons (Fsp3) is 0.167. The van der Waals surface area contributed by atoms with Crippen molar-refractivity contribution in [1.29, 1.82) is 0 Å². The van der Waals surface area contributed by atoms with Crippen LogP contribution >= 0.6 is 12.2 Å². The number of amides is 1. The van der Waals surface area contributed by atoms with E-state index in [4.69, 9.17) is 12.2 Å². The quantitative estimate of drug-likeness (QED) is 0.492. The predicted molar refractivity (Wildman–Crippen MR) is 100 cm³/mol. The van der Waals surface area contributed by atoms with Crippen molar-refractivity contribution in [3.05, 3.63) is 58.6 Å². The fourth-order valence-corrected chi connectivity index (χ4v) is 3.31. The van der Waals surface area contributed by atoms with Gasteiger partial charge >= 0.3 is 0 Å². The number of imidazole rings is 2. The topological polar surface area (TPSA) is 78.5 Å². The smallest absolute Gasteiger partial charge is 0.251 e. The second-order valence-electron chi connectivity index (χ2n) is 5.79. The summed E-state index contributed by atoms with van der Waals surface area (Å²) < 4.78 is 2.66. The number of fused-ring (bicyclic) bond motifs is 2. The van der Waals surface area contributed by atoms with E-state index in [1.54, 1.807) is 0 Å². The maximum absolute atomic E-state index is 12.4. The third-order valence-corrected chi connectivity index (χ3v) is 4.53. The average Bonchev–Trinajstić information content (AvgIpc) is 3.18. The molecule has 7 heteroatoms. The predicted octanol–water partition coefficient (Wildman–Crippen LogP) is 3.53. The van der Waals surface area contributed by atoms with E-state index in [9.17, 15) is 4.79 Å². The van der Waals surface area contributed by atoms with Gasteiger partial charge in [0.25, 0.3) is 5.91 Å². The highest BCUT2D eigenvalue weighted by molar-refractivity contribution is 7.71. The first-order chi connectivity index (χ1) is 12.2. The molecule has 0 spiro atoms. The lowest BCUT2D eigenvalue weighted by Crippen LogP contribution is -2.23. The number of hydrogen-bond acceptors (Lipinski definition) is 3. The number of aromatic amines is 2. The van der Waals surface area contributed by atoms with Gasteiger partial charge in [-0.05, 0) is 49.5 Å². The summed E-state index contributed by atoms with van der Waals surface area (Å²) in [6.45, 7) is 3.17. The van der Waals surface area contributed by atoms with Crippen molar-refractivity contribution < 1.29 is 4.79 Å². The first kappa shape index (κ1) is 15.6. The molecule has 0 bridgehead atoms. The molecule has 1 amide bonds. The molecule has 0 aliphatic rings. The Labute approximate surface area is 148 Å². The summed E-state index contributed by atoms with van der Waals surface area (Å²) in [5, 5.41) is 2.90. The molecular formula is C18H17N5OS. The van der Waals surface area contributed by atoms with E-state index in [1.165, 1.54) is 0 Å². The molecule has 0 aliphatic heterocycles. The van der Waals surface area contributed by atoms with Crippen LogP contribution in [0.25, 0.3) is 22.1 Å². The minimum absolute atomic E-state index is 0.147. The normalized spacial score (nSPS) is 11.2. The van der Waals surface area contributed by atoms with Crippen LogP contribution in [-0.4, -0.2) is 25.4 Å². The zero-order valence-corrected chi connectivity index (χ0v) is 14.5. The second-order valence-corrected chi connectivity index (χ2v) is 6.18. The van der Waals surface area contributed by atoms with Gasteiger partial charge in [0.2, 0.25) is 0 Å². The number of para-hydroxylation sites is 2. The maximum atomic E-state index is 12.4. The average molecular weight is 351 g/mol. The molecule has 2 heterocycles. The van der Waals surface area contributed by atoms with Crippen LogP contribution in [0, 0.1) is 4.77 Å². The number of carbonyl (C=O) groups excluding carboxylic acids is 1. The van der Waals surface area contributed by atoms with Crippen LogP contribution in [0.1, 0.15) is 23.1 Å². The standard InChI is InChI=1S/C18H17N5OS/c1-2-23-15-8-7-11(9-14(15)22-18(23)25)17(24)19-10-16-20-12-5-3-4-6-13(12)21-16/h3-9H,2,10H2,1H3,(H,19,24)(H,20,21)(H,22,25). The number of rotatable bonds is 4. The molecule has 0 atom stereocenters. The van der Waals surface area contributed by atoms with Crippen molar-refractivity contribution in [1.82, 2.24) is 24.8 Å². The van der Waals surface area contributed by atoms with Crippen LogP contribution in [0.15, 0.2) is 42.5 Å². The molecule has 0 saturated heterocycles. The first-order valence-electron chi connectivity index (χ1n) is 8.10. The number of aromatic nitrogens is 4. The van der Waals surface area contributed by atoms with Crippen LogP contribution in [0.2, 0.25) is 0 Å². The molecule has 0 unspecified atom stereocenters. The minimum Gasteiger partial charge on any atom is -0.345 e. The van der Waals surface area contributed by atoms with Crippen molar-refractivity contribution >= 4 is 40.2 Å². The van der Waals surface area contributed by atoms with Crippen molar-refractivity contribution in [2.75, 3.05) is 0 Å². The first-order valence-corrected chi connectivity index (χ1v) is 8.51. The van der Waals surface area contributed by atoms with Crippen molar-refractivity contribution in [3.8, 4) is 0 Å². The number of H-pyrrole nitrogens is 2. The maximum Gasteiger partial charge on any atom is 0.251 e. The van der Waals surface area contributed by atoms with Gasteiger partial charge in [-0.1, -0.05) is 12.1 Å². The Hall–Kier alpha value is -2.93. The summed E-state index contributed by atoms with van der Waals surface area (Å²) in [7, 11) is 0. The molecule has 0 saturated carbocycles. The van der Waals surface area contributed by atoms with Crippen LogP contribution in [0.4, 0.5) is 0 Å². The van der Waals surface area contributed by atoms with Gasteiger partial charge in [0.15, 0.2) is 4.77 Å². The van der Waals surface area contributed by atoms with E-state index in [0.717, 1.165) is 34.4 Å². The lowest BCUT2D eigenvalue weighted by molar-refractivity contribution is 0.0950. The fourth-order valence-electron chi connectivity index (χ4n) is 2.97. The minimum atomic E-state index is -0.147. The van der Waals surface area contributed by atoms with Crippen molar-refractivity contribution in [2.45, 2.75) is 20.0 Å². The lowest BCUT2D eigenvalue weighted by Gasteiger charge is -2.04. The van der Waals surface area contributed by atoms with E-state index in [0.29, 0.717) is 16.9 Å². The Balaban J connectivity index is 1.54. The highest BCUT2D eigenvalue weighted by Crippen LogP contribution is 2.16. The van der Waals surface area contributed by atoms with Gasteiger partial charge < -0.3 is 19.9 Å². The Morgan fingerprint density at radius 3 is 2.84 bits per heavy atom. The number of carbonyl (C=O) groups is 1. The molecule has 4 rings (SSSR count). The molecular weight excluding hydrogens is 334 g/mol. The number of nitrogens with one attached hydrogen (secondary N) is 3. The zero-order chi connectivity index (χ0) is 17.4. The third kappa shape index (κ3) is 2.83. The Bertz CT molecular complexity index is 1100. The zero-order valence-electron chi connectivity index (χ0n) is 13.7. The third-order valence-electron chi connectivity index (χ3n) is 4.21. The van der Waals surface area contributed by atoms with Gasteiger partial charge in [-0.15, -0.1) is 0 Å². The van der Waals surface area contributed by atoms with E-state index < -0.39 is 0 Å². The summed E-state index contributed by atoms with van der Waals surface area (Å²) in [6.07, 6.45) is 0. The Kier molecular flexibility index (Phi) is 3.85. The summed E-state index contributed by atoms with van der Waals surface area (Å²) in [5.41, 5.74) is 4.30. The lowest BCUT2D eigenvalue weighted by atomic mass is 10.2. The van der Waals surface area contributed by atoms with Crippen molar-refractivity contribution in [3.63, 3.8) is 0 Å². The SMILES string of the molecule is CCn1c(=S)[nH]c2cc(C(=O)NCc3nc4ccccc4[nH]3)ccc21. The summed E-state index contributed by atoms with van der Waals surface area (Å²) in [5.74, 6) is 0.582. The molecule has 126 valence electrons. The highest BCUT2D eigenvalue weighted by atomic mass is 32.1. The van der Waals surface area contributed by atoms with Gasteiger partial charge in [-0.25, -0.2) is 4.98 Å². The van der Waals surface area contributed by atoms with Gasteiger partial charge in [-0.2, -0.15) is 0 Å². The summed E-state index contributed by atoms with van der Waals surface area (Å²) in [6, 6.07) is 13.3. The van der Waals surface area contributed by atoms with Gasteiger partial charge in [0, 0.05) is 12.1 Å².